The van der Waals surface area contributed by atoms with Crippen LogP contribution in [-0.4, -0.2) is 23.0 Å². The molecule has 0 saturated heterocycles. The molecule has 5 nitrogen and oxygen atoms in total. The minimum Gasteiger partial charge on any atom is -0.480 e. The highest BCUT2D eigenvalue weighted by molar-refractivity contribution is 6.40. The number of carbonyl (C=O) groups is 1. The van der Waals surface area contributed by atoms with Crippen LogP contribution in [0.1, 0.15) is 16.2 Å². The van der Waals surface area contributed by atoms with Crippen LogP contribution in [0.3, 0.4) is 0 Å². The standard InChI is InChI=1S/C13H11Cl2N3O2/c1-7-16-6-8(13(17-7)20-2)12(19)18-11-9(14)4-3-5-10(11)15/h3-6H,1-2H3,(H,18,19). The SMILES string of the molecule is COc1nc(C)ncc1C(=O)Nc1c(Cl)cccc1Cl. The van der Waals surface area contributed by atoms with Crippen molar-refractivity contribution in [3.05, 3.63) is 45.8 Å². The molecule has 1 heterocycles. The van der Waals surface area contributed by atoms with Crippen LogP contribution in [-0.2, 0) is 0 Å². The number of para-hydroxylation sites is 1. The molecule has 0 spiro atoms. The third kappa shape index (κ3) is 3.00. The molecular formula is C13H11Cl2N3O2. The molecule has 0 fully saturated rings. The molecule has 0 aliphatic heterocycles. The van der Waals surface area contributed by atoms with Crippen molar-refractivity contribution >= 4 is 34.8 Å². The Morgan fingerprint density at radius 3 is 2.55 bits per heavy atom. The number of aromatic nitrogens is 2. The van der Waals surface area contributed by atoms with Gasteiger partial charge in [0.25, 0.3) is 5.91 Å². The van der Waals surface area contributed by atoms with Gasteiger partial charge in [-0.3, -0.25) is 4.79 Å². The molecule has 0 bridgehead atoms. The van der Waals surface area contributed by atoms with Gasteiger partial charge >= 0.3 is 0 Å². The molecule has 1 aromatic heterocycles. The number of aryl methyl sites for hydroxylation is 1. The van der Waals surface area contributed by atoms with E-state index in [-0.39, 0.29) is 11.4 Å². The molecule has 0 atom stereocenters. The summed E-state index contributed by atoms with van der Waals surface area (Å²) in [7, 11) is 1.43. The van der Waals surface area contributed by atoms with Crippen molar-refractivity contribution < 1.29 is 9.53 Å². The van der Waals surface area contributed by atoms with Crippen LogP contribution in [0.25, 0.3) is 0 Å². The fourth-order valence-corrected chi connectivity index (χ4v) is 2.05. The lowest BCUT2D eigenvalue weighted by molar-refractivity contribution is 0.102. The summed E-state index contributed by atoms with van der Waals surface area (Å²) in [6, 6.07) is 4.95. The van der Waals surface area contributed by atoms with Crippen molar-refractivity contribution in [2.75, 3.05) is 12.4 Å². The van der Waals surface area contributed by atoms with Gasteiger partial charge in [-0.1, -0.05) is 29.3 Å². The number of ether oxygens (including phenoxy) is 1. The van der Waals surface area contributed by atoms with Gasteiger partial charge in [0.1, 0.15) is 11.4 Å². The molecule has 0 aliphatic rings. The predicted molar refractivity (Wildman–Crippen MR) is 77.7 cm³/mol. The largest absolute Gasteiger partial charge is 0.480 e. The second-order valence-electron chi connectivity index (χ2n) is 3.89. The molecule has 20 heavy (non-hydrogen) atoms. The van der Waals surface area contributed by atoms with Gasteiger partial charge in [-0.05, 0) is 19.1 Å². The van der Waals surface area contributed by atoms with Crippen molar-refractivity contribution in [3.8, 4) is 5.88 Å². The average molecular weight is 312 g/mol. The van der Waals surface area contributed by atoms with Gasteiger partial charge in [-0.2, -0.15) is 4.98 Å². The molecule has 0 unspecified atom stereocenters. The van der Waals surface area contributed by atoms with E-state index in [9.17, 15) is 4.79 Å². The summed E-state index contributed by atoms with van der Waals surface area (Å²) < 4.78 is 5.07. The van der Waals surface area contributed by atoms with E-state index in [4.69, 9.17) is 27.9 Å². The Hall–Kier alpha value is -1.85. The zero-order valence-corrected chi connectivity index (χ0v) is 12.3. The number of anilines is 1. The van der Waals surface area contributed by atoms with Gasteiger partial charge in [-0.25, -0.2) is 4.98 Å². The third-order valence-corrected chi connectivity index (χ3v) is 3.14. The lowest BCUT2D eigenvalue weighted by Gasteiger charge is -2.11. The van der Waals surface area contributed by atoms with Gasteiger partial charge in [0, 0.05) is 6.20 Å². The van der Waals surface area contributed by atoms with E-state index < -0.39 is 5.91 Å². The number of rotatable bonds is 3. The Morgan fingerprint density at radius 1 is 1.30 bits per heavy atom. The van der Waals surface area contributed by atoms with Crippen LogP contribution in [0.5, 0.6) is 5.88 Å². The Labute approximate surface area is 125 Å². The maximum Gasteiger partial charge on any atom is 0.262 e. The number of hydrogen-bond acceptors (Lipinski definition) is 4. The van der Waals surface area contributed by atoms with E-state index >= 15 is 0 Å². The number of nitrogens with one attached hydrogen (secondary N) is 1. The van der Waals surface area contributed by atoms with Crippen LogP contribution in [0.2, 0.25) is 10.0 Å². The lowest BCUT2D eigenvalue weighted by atomic mass is 10.2. The van der Waals surface area contributed by atoms with Gasteiger partial charge in [0.05, 0.1) is 22.8 Å². The van der Waals surface area contributed by atoms with Gasteiger partial charge in [0.15, 0.2) is 0 Å². The molecular weight excluding hydrogens is 301 g/mol. The van der Waals surface area contributed by atoms with Crippen LogP contribution in [0, 0.1) is 6.92 Å². The van der Waals surface area contributed by atoms with Gasteiger partial charge in [0.2, 0.25) is 5.88 Å². The zero-order valence-electron chi connectivity index (χ0n) is 10.8. The van der Waals surface area contributed by atoms with E-state index in [1.165, 1.54) is 13.3 Å². The second-order valence-corrected chi connectivity index (χ2v) is 4.71. The van der Waals surface area contributed by atoms with Gasteiger partial charge < -0.3 is 10.1 Å². The van der Waals surface area contributed by atoms with E-state index in [2.05, 4.69) is 15.3 Å². The van der Waals surface area contributed by atoms with Crippen LogP contribution in [0.4, 0.5) is 5.69 Å². The quantitative estimate of drug-likeness (QED) is 0.944. The maximum atomic E-state index is 12.2. The maximum absolute atomic E-state index is 12.2. The smallest absolute Gasteiger partial charge is 0.262 e. The fourth-order valence-electron chi connectivity index (χ4n) is 1.56. The number of hydrogen-bond donors (Lipinski definition) is 1. The summed E-state index contributed by atoms with van der Waals surface area (Å²) in [4.78, 5) is 20.2. The highest BCUT2D eigenvalue weighted by Gasteiger charge is 2.17. The summed E-state index contributed by atoms with van der Waals surface area (Å²) in [5.41, 5.74) is 0.539. The van der Waals surface area contributed by atoms with Crippen molar-refractivity contribution in [1.29, 1.82) is 0 Å². The van der Waals surface area contributed by atoms with Crippen LogP contribution in [0.15, 0.2) is 24.4 Å². The van der Waals surface area contributed by atoms with E-state index in [1.807, 2.05) is 0 Å². The second kappa shape index (κ2) is 6.07. The first-order chi connectivity index (χ1) is 9.52. The van der Waals surface area contributed by atoms with E-state index in [1.54, 1.807) is 25.1 Å². The minimum atomic E-state index is -0.447. The number of benzene rings is 1. The van der Waals surface area contributed by atoms with E-state index in [0.717, 1.165) is 0 Å². The summed E-state index contributed by atoms with van der Waals surface area (Å²) in [6.07, 6.45) is 1.39. The first kappa shape index (κ1) is 14.6. The molecule has 1 aromatic carbocycles. The van der Waals surface area contributed by atoms with Crippen LogP contribution >= 0.6 is 23.2 Å². The highest BCUT2D eigenvalue weighted by Crippen LogP contribution is 2.30. The Bertz CT molecular complexity index is 642. The van der Waals surface area contributed by atoms with Crippen LogP contribution < -0.4 is 10.1 Å². The number of halogens is 2. The number of nitrogens with zero attached hydrogens (tertiary/aromatic N) is 2. The molecule has 1 amide bonds. The zero-order chi connectivity index (χ0) is 14.7. The monoisotopic (exact) mass is 311 g/mol. The Kier molecular flexibility index (Phi) is 4.42. The summed E-state index contributed by atoms with van der Waals surface area (Å²) in [6.45, 7) is 1.70. The lowest BCUT2D eigenvalue weighted by Crippen LogP contribution is -2.15. The fraction of sp³-hybridized carbons (Fsp3) is 0.154. The summed E-state index contributed by atoms with van der Waals surface area (Å²) in [5, 5.41) is 3.32. The third-order valence-electron chi connectivity index (χ3n) is 2.51. The Morgan fingerprint density at radius 2 is 1.95 bits per heavy atom. The highest BCUT2D eigenvalue weighted by atomic mass is 35.5. The van der Waals surface area contributed by atoms with Gasteiger partial charge in [-0.15, -0.1) is 0 Å². The molecule has 0 aliphatic carbocycles. The van der Waals surface area contributed by atoms with Crippen molar-refractivity contribution in [2.24, 2.45) is 0 Å². The first-order valence-corrected chi connectivity index (χ1v) is 6.41. The average Bonchev–Trinajstić information content (AvgIpc) is 2.42. The number of methoxy groups -OCH3 is 1. The molecule has 2 aromatic rings. The number of amides is 1. The van der Waals surface area contributed by atoms with E-state index in [0.29, 0.717) is 21.6 Å². The topological polar surface area (TPSA) is 64.1 Å². The molecule has 0 saturated carbocycles. The molecule has 1 N–H and O–H groups in total. The predicted octanol–water partition coefficient (Wildman–Crippen LogP) is 3.35. The van der Waals surface area contributed by atoms with Crippen molar-refractivity contribution in [2.45, 2.75) is 6.92 Å². The summed E-state index contributed by atoms with van der Waals surface area (Å²) in [5.74, 6) is 0.254. The first-order valence-electron chi connectivity index (χ1n) is 5.66. The Balaban J connectivity index is 2.33. The van der Waals surface area contributed by atoms with Crippen molar-refractivity contribution in [3.63, 3.8) is 0 Å². The number of carbonyl (C=O) groups excluding carboxylic acids is 1. The van der Waals surface area contributed by atoms with Crippen molar-refractivity contribution in [1.82, 2.24) is 9.97 Å². The molecule has 0 radical (unpaired) electrons. The minimum absolute atomic E-state index is 0.193. The molecule has 104 valence electrons. The molecule has 7 heteroatoms. The molecule has 2 rings (SSSR count). The normalized spacial score (nSPS) is 10.2. The summed E-state index contributed by atoms with van der Waals surface area (Å²) >= 11 is 12.0.